The SMILES string of the molecule is COC(=O)c1ccccc1-c1nc2ccc([N+](=O)[O-])cc2c(=O)o1. The second kappa shape index (κ2) is 5.92. The number of non-ortho nitro benzene ring substituents is 1. The Bertz CT molecular complexity index is 1020. The quantitative estimate of drug-likeness (QED) is 0.413. The van der Waals surface area contributed by atoms with E-state index in [4.69, 9.17) is 9.15 Å². The van der Waals surface area contributed by atoms with Crippen molar-refractivity contribution in [2.24, 2.45) is 0 Å². The zero-order valence-electron chi connectivity index (χ0n) is 12.4. The molecule has 3 aromatic rings. The summed E-state index contributed by atoms with van der Waals surface area (Å²) in [6.07, 6.45) is 0. The minimum atomic E-state index is -0.779. The number of hydrogen-bond donors (Lipinski definition) is 0. The van der Waals surface area contributed by atoms with E-state index in [0.29, 0.717) is 5.56 Å². The molecule has 0 atom stereocenters. The van der Waals surface area contributed by atoms with E-state index in [1.54, 1.807) is 18.2 Å². The molecule has 0 aliphatic heterocycles. The Labute approximate surface area is 134 Å². The van der Waals surface area contributed by atoms with Crippen molar-refractivity contribution >= 4 is 22.6 Å². The van der Waals surface area contributed by atoms with Gasteiger partial charge in [-0.3, -0.25) is 10.1 Å². The number of rotatable bonds is 3. The molecule has 0 saturated carbocycles. The van der Waals surface area contributed by atoms with Crippen LogP contribution in [0.15, 0.2) is 51.7 Å². The highest BCUT2D eigenvalue weighted by molar-refractivity contribution is 5.96. The van der Waals surface area contributed by atoms with E-state index < -0.39 is 16.5 Å². The second-order valence-corrected chi connectivity index (χ2v) is 4.80. The van der Waals surface area contributed by atoms with Crippen LogP contribution in [0.5, 0.6) is 0 Å². The molecular weight excluding hydrogens is 316 g/mol. The van der Waals surface area contributed by atoms with Crippen LogP contribution in [-0.4, -0.2) is 23.0 Å². The van der Waals surface area contributed by atoms with E-state index in [1.807, 2.05) is 0 Å². The van der Waals surface area contributed by atoms with Crippen LogP contribution in [0.3, 0.4) is 0 Å². The lowest BCUT2D eigenvalue weighted by molar-refractivity contribution is -0.384. The number of carbonyl (C=O) groups is 1. The van der Waals surface area contributed by atoms with Gasteiger partial charge in [0.05, 0.1) is 34.1 Å². The number of hydrogen-bond acceptors (Lipinski definition) is 7. The van der Waals surface area contributed by atoms with Gasteiger partial charge in [0.15, 0.2) is 0 Å². The van der Waals surface area contributed by atoms with Crippen molar-refractivity contribution in [3.8, 4) is 11.5 Å². The Balaban J connectivity index is 2.23. The number of esters is 1. The van der Waals surface area contributed by atoms with Crippen LogP contribution in [0.4, 0.5) is 5.69 Å². The van der Waals surface area contributed by atoms with E-state index in [-0.39, 0.29) is 28.0 Å². The van der Waals surface area contributed by atoms with E-state index >= 15 is 0 Å². The van der Waals surface area contributed by atoms with Crippen molar-refractivity contribution in [1.29, 1.82) is 0 Å². The summed E-state index contributed by atoms with van der Waals surface area (Å²) in [5.41, 5.74) is -0.303. The molecule has 0 fully saturated rings. The highest BCUT2D eigenvalue weighted by Crippen LogP contribution is 2.24. The molecule has 0 saturated heterocycles. The first-order valence-corrected chi connectivity index (χ1v) is 6.78. The number of nitro benzene ring substituents is 1. The molecule has 8 nitrogen and oxygen atoms in total. The fourth-order valence-electron chi connectivity index (χ4n) is 2.25. The molecule has 0 bridgehead atoms. The standard InChI is InChI=1S/C16H10N2O6/c1-23-15(19)11-5-3-2-4-10(11)14-17-13-7-6-9(18(21)22)8-12(13)16(20)24-14/h2-8H,1H3. The maximum Gasteiger partial charge on any atom is 0.347 e. The first-order chi connectivity index (χ1) is 11.5. The van der Waals surface area contributed by atoms with E-state index in [0.717, 1.165) is 6.07 Å². The largest absolute Gasteiger partial charge is 0.465 e. The molecule has 0 N–H and O–H groups in total. The first-order valence-electron chi connectivity index (χ1n) is 6.78. The molecule has 0 aliphatic rings. The van der Waals surface area contributed by atoms with Gasteiger partial charge in [-0.05, 0) is 18.2 Å². The molecule has 1 heterocycles. The average molecular weight is 326 g/mol. The zero-order chi connectivity index (χ0) is 17.3. The lowest BCUT2D eigenvalue weighted by atomic mass is 10.1. The van der Waals surface area contributed by atoms with Gasteiger partial charge < -0.3 is 9.15 Å². The maximum absolute atomic E-state index is 12.2. The van der Waals surface area contributed by atoms with Crippen molar-refractivity contribution in [3.63, 3.8) is 0 Å². The number of ether oxygens (including phenoxy) is 1. The number of methoxy groups -OCH3 is 1. The number of carbonyl (C=O) groups excluding carboxylic acids is 1. The van der Waals surface area contributed by atoms with Gasteiger partial charge in [0.1, 0.15) is 0 Å². The minimum Gasteiger partial charge on any atom is -0.465 e. The van der Waals surface area contributed by atoms with E-state index in [9.17, 15) is 19.7 Å². The van der Waals surface area contributed by atoms with Crippen LogP contribution in [0.2, 0.25) is 0 Å². The summed E-state index contributed by atoms with van der Waals surface area (Å²) in [7, 11) is 1.24. The number of benzene rings is 2. The van der Waals surface area contributed by atoms with Gasteiger partial charge >= 0.3 is 11.6 Å². The molecule has 24 heavy (non-hydrogen) atoms. The topological polar surface area (TPSA) is 113 Å². The predicted octanol–water partition coefficient (Wildman–Crippen LogP) is 2.55. The Kier molecular flexibility index (Phi) is 3.78. The third kappa shape index (κ3) is 2.60. The number of nitrogens with zero attached hydrogens (tertiary/aromatic N) is 2. The van der Waals surface area contributed by atoms with E-state index in [1.165, 1.54) is 25.3 Å². The second-order valence-electron chi connectivity index (χ2n) is 4.80. The highest BCUT2D eigenvalue weighted by atomic mass is 16.6. The summed E-state index contributed by atoms with van der Waals surface area (Å²) in [6, 6.07) is 10.1. The van der Waals surface area contributed by atoms with Crippen LogP contribution >= 0.6 is 0 Å². The summed E-state index contributed by atoms with van der Waals surface area (Å²) in [6.45, 7) is 0. The summed E-state index contributed by atoms with van der Waals surface area (Å²) >= 11 is 0. The van der Waals surface area contributed by atoms with Crippen molar-refractivity contribution in [3.05, 3.63) is 68.6 Å². The number of nitro groups is 1. The molecular formula is C16H10N2O6. The molecule has 0 aliphatic carbocycles. The van der Waals surface area contributed by atoms with Gasteiger partial charge in [-0.2, -0.15) is 0 Å². The molecule has 8 heteroatoms. The molecule has 2 aromatic carbocycles. The molecule has 3 rings (SSSR count). The third-order valence-corrected chi connectivity index (χ3v) is 3.39. The van der Waals surface area contributed by atoms with Crippen LogP contribution in [0.25, 0.3) is 22.4 Å². The fraction of sp³-hybridized carbons (Fsp3) is 0.0625. The average Bonchev–Trinajstić information content (AvgIpc) is 2.60. The van der Waals surface area contributed by atoms with Gasteiger partial charge in [-0.25, -0.2) is 14.6 Å². The van der Waals surface area contributed by atoms with Crippen molar-refractivity contribution in [2.45, 2.75) is 0 Å². The first kappa shape index (κ1) is 15.3. The monoisotopic (exact) mass is 326 g/mol. The lowest BCUT2D eigenvalue weighted by Crippen LogP contribution is -2.07. The summed E-state index contributed by atoms with van der Waals surface area (Å²) in [5, 5.41) is 10.8. The Hall–Kier alpha value is -3.55. The third-order valence-electron chi connectivity index (χ3n) is 3.39. The van der Waals surface area contributed by atoms with Gasteiger partial charge in [-0.15, -0.1) is 0 Å². The molecule has 120 valence electrons. The van der Waals surface area contributed by atoms with Crippen LogP contribution in [-0.2, 0) is 4.74 Å². The normalized spacial score (nSPS) is 10.5. The van der Waals surface area contributed by atoms with Crippen LogP contribution in [0.1, 0.15) is 10.4 Å². The van der Waals surface area contributed by atoms with Gasteiger partial charge in [0.2, 0.25) is 5.89 Å². The summed E-state index contributed by atoms with van der Waals surface area (Å²) in [4.78, 5) is 38.4. The van der Waals surface area contributed by atoms with E-state index in [2.05, 4.69) is 4.98 Å². The molecule has 0 amide bonds. The Morgan fingerprint density at radius 2 is 2.00 bits per heavy atom. The van der Waals surface area contributed by atoms with Crippen molar-refractivity contribution < 1.29 is 18.9 Å². The maximum atomic E-state index is 12.2. The molecule has 0 spiro atoms. The summed E-state index contributed by atoms with van der Waals surface area (Å²) in [5.74, 6) is -0.666. The smallest absolute Gasteiger partial charge is 0.347 e. The molecule has 1 aromatic heterocycles. The van der Waals surface area contributed by atoms with Gasteiger partial charge in [0, 0.05) is 12.1 Å². The molecule has 0 unspecified atom stereocenters. The lowest BCUT2D eigenvalue weighted by Gasteiger charge is -2.06. The Morgan fingerprint density at radius 1 is 1.25 bits per heavy atom. The van der Waals surface area contributed by atoms with Crippen LogP contribution in [0, 0.1) is 10.1 Å². The Morgan fingerprint density at radius 3 is 2.71 bits per heavy atom. The highest BCUT2D eigenvalue weighted by Gasteiger charge is 2.18. The van der Waals surface area contributed by atoms with Gasteiger partial charge in [-0.1, -0.05) is 12.1 Å². The van der Waals surface area contributed by atoms with Gasteiger partial charge in [0.25, 0.3) is 5.69 Å². The van der Waals surface area contributed by atoms with Crippen LogP contribution < -0.4 is 5.63 Å². The summed E-state index contributed by atoms with van der Waals surface area (Å²) < 4.78 is 9.85. The van der Waals surface area contributed by atoms with Crippen molar-refractivity contribution in [1.82, 2.24) is 4.98 Å². The minimum absolute atomic E-state index is 0.0106. The fourth-order valence-corrected chi connectivity index (χ4v) is 2.25. The number of aromatic nitrogens is 1. The predicted molar refractivity (Wildman–Crippen MR) is 83.7 cm³/mol. The number of fused-ring (bicyclic) bond motifs is 1. The van der Waals surface area contributed by atoms with Crippen molar-refractivity contribution in [2.75, 3.05) is 7.11 Å². The molecule has 0 radical (unpaired) electrons. The zero-order valence-corrected chi connectivity index (χ0v) is 12.4.